The van der Waals surface area contributed by atoms with Gasteiger partial charge in [-0.15, -0.1) is 0 Å². The van der Waals surface area contributed by atoms with Gasteiger partial charge in [0.2, 0.25) is 10.0 Å². The van der Waals surface area contributed by atoms with Crippen LogP contribution in [0.5, 0.6) is 5.75 Å². The highest BCUT2D eigenvalue weighted by molar-refractivity contribution is 7.89. The van der Waals surface area contributed by atoms with Crippen molar-refractivity contribution in [1.82, 2.24) is 14.9 Å². The maximum Gasteiger partial charge on any atom is 0.422 e. The fraction of sp³-hybridized carbons (Fsp3) is 0.611. The number of guanidine groups is 1. The Labute approximate surface area is 170 Å². The predicted molar refractivity (Wildman–Crippen MR) is 108 cm³/mol. The Balaban J connectivity index is 2.56. The molecule has 2 N–H and O–H groups in total. The van der Waals surface area contributed by atoms with Crippen molar-refractivity contribution in [1.29, 1.82) is 0 Å². The molecule has 0 amide bonds. The molecule has 0 aliphatic carbocycles. The van der Waals surface area contributed by atoms with Crippen LogP contribution in [-0.2, 0) is 16.6 Å². The van der Waals surface area contributed by atoms with Crippen LogP contribution in [0.3, 0.4) is 0 Å². The Morgan fingerprint density at radius 3 is 2.55 bits per heavy atom. The molecule has 0 saturated carbocycles. The number of ether oxygens (including phenoxy) is 1. The van der Waals surface area contributed by atoms with Gasteiger partial charge in [-0.1, -0.05) is 12.1 Å². The molecule has 0 aliphatic rings. The Hall–Kier alpha value is -2.01. The van der Waals surface area contributed by atoms with Crippen LogP contribution in [0.4, 0.5) is 13.2 Å². The third kappa shape index (κ3) is 9.35. The van der Waals surface area contributed by atoms with Gasteiger partial charge in [0.25, 0.3) is 0 Å². The van der Waals surface area contributed by atoms with E-state index in [1.54, 1.807) is 39.1 Å². The quantitative estimate of drug-likeness (QED) is 0.333. The van der Waals surface area contributed by atoms with Gasteiger partial charge in [-0.3, -0.25) is 4.99 Å². The van der Waals surface area contributed by atoms with Crippen LogP contribution in [0.1, 0.15) is 24.5 Å². The van der Waals surface area contributed by atoms with Crippen LogP contribution < -0.4 is 15.4 Å². The van der Waals surface area contributed by atoms with Crippen molar-refractivity contribution >= 4 is 16.0 Å². The van der Waals surface area contributed by atoms with Crippen LogP contribution in [0.25, 0.3) is 0 Å². The van der Waals surface area contributed by atoms with E-state index in [4.69, 9.17) is 4.74 Å². The second kappa shape index (κ2) is 11.2. The second-order valence-electron chi connectivity index (χ2n) is 6.44. The van der Waals surface area contributed by atoms with E-state index < -0.39 is 22.8 Å². The lowest BCUT2D eigenvalue weighted by Crippen LogP contribution is -2.38. The largest absolute Gasteiger partial charge is 0.484 e. The van der Waals surface area contributed by atoms with Crippen molar-refractivity contribution in [3.05, 3.63) is 29.3 Å². The molecule has 0 aliphatic heterocycles. The standard InChI is InChI=1S/C18H29F3N4O3S/c1-5-29(26,27)25(4)10-6-9-23-17(22-3)24-12-15-8-7-14(2)11-16(15)28-13-18(19,20)21/h7-8,11H,5-6,9-10,12-13H2,1-4H3,(H2,22,23,24). The van der Waals surface area contributed by atoms with E-state index in [1.807, 2.05) is 0 Å². The van der Waals surface area contributed by atoms with Crippen LogP contribution in [0, 0.1) is 6.92 Å². The van der Waals surface area contributed by atoms with E-state index in [0.717, 1.165) is 5.56 Å². The molecule has 29 heavy (non-hydrogen) atoms. The zero-order chi connectivity index (χ0) is 22.1. The van der Waals surface area contributed by atoms with Crippen LogP contribution in [0.2, 0.25) is 0 Å². The first kappa shape index (κ1) is 25.0. The highest BCUT2D eigenvalue weighted by Crippen LogP contribution is 2.23. The number of aliphatic imine (C=N–C) groups is 1. The number of alkyl halides is 3. The molecule has 166 valence electrons. The van der Waals surface area contributed by atoms with Crippen LogP contribution in [-0.4, -0.2) is 64.4 Å². The number of aryl methyl sites for hydroxylation is 1. The lowest BCUT2D eigenvalue weighted by atomic mass is 10.1. The van der Waals surface area contributed by atoms with Gasteiger partial charge in [-0.05, 0) is 31.9 Å². The molecule has 0 aromatic heterocycles. The SMILES string of the molecule is CCS(=O)(=O)N(C)CCCNC(=NC)NCc1ccc(C)cc1OCC(F)(F)F. The van der Waals surface area contributed by atoms with Crippen LogP contribution in [0.15, 0.2) is 23.2 Å². The van der Waals surface area contributed by atoms with E-state index in [1.165, 1.54) is 11.4 Å². The molecule has 0 radical (unpaired) electrons. The van der Waals surface area contributed by atoms with Crippen molar-refractivity contribution in [3.8, 4) is 5.75 Å². The molecule has 1 rings (SSSR count). The first-order valence-electron chi connectivity index (χ1n) is 9.16. The molecule has 0 fully saturated rings. The summed E-state index contributed by atoms with van der Waals surface area (Å²) in [7, 11) is -0.107. The van der Waals surface area contributed by atoms with Crippen molar-refractivity contribution in [2.24, 2.45) is 4.99 Å². The summed E-state index contributed by atoms with van der Waals surface area (Å²) in [4.78, 5) is 4.06. The highest BCUT2D eigenvalue weighted by atomic mass is 32.2. The normalized spacial score (nSPS) is 12.9. The van der Waals surface area contributed by atoms with E-state index in [9.17, 15) is 21.6 Å². The van der Waals surface area contributed by atoms with Gasteiger partial charge in [-0.25, -0.2) is 12.7 Å². The minimum absolute atomic E-state index is 0.0510. The molecule has 0 spiro atoms. The average Bonchev–Trinajstić information content (AvgIpc) is 2.65. The monoisotopic (exact) mass is 438 g/mol. The zero-order valence-corrected chi connectivity index (χ0v) is 18.0. The molecule has 1 aromatic rings. The minimum Gasteiger partial charge on any atom is -0.484 e. The number of hydrogen-bond acceptors (Lipinski definition) is 4. The lowest BCUT2D eigenvalue weighted by Gasteiger charge is -2.18. The highest BCUT2D eigenvalue weighted by Gasteiger charge is 2.28. The topological polar surface area (TPSA) is 83.0 Å². The number of benzene rings is 1. The number of rotatable bonds is 10. The van der Waals surface area contributed by atoms with Gasteiger partial charge in [-0.2, -0.15) is 13.2 Å². The number of hydrogen-bond donors (Lipinski definition) is 2. The molecular formula is C18H29F3N4O3S. The Bertz CT molecular complexity index is 783. The fourth-order valence-corrected chi connectivity index (χ4v) is 3.22. The molecular weight excluding hydrogens is 409 g/mol. The fourth-order valence-electron chi connectivity index (χ4n) is 2.37. The molecule has 0 heterocycles. The van der Waals surface area contributed by atoms with Crippen molar-refractivity contribution in [2.45, 2.75) is 33.0 Å². The van der Waals surface area contributed by atoms with Crippen molar-refractivity contribution < 1.29 is 26.3 Å². The molecule has 0 saturated heterocycles. The number of sulfonamides is 1. The smallest absolute Gasteiger partial charge is 0.422 e. The van der Waals surface area contributed by atoms with Gasteiger partial charge < -0.3 is 15.4 Å². The average molecular weight is 439 g/mol. The summed E-state index contributed by atoms with van der Waals surface area (Å²) < 4.78 is 67.0. The number of nitrogens with zero attached hydrogens (tertiary/aromatic N) is 2. The Kier molecular flexibility index (Phi) is 9.71. The summed E-state index contributed by atoms with van der Waals surface area (Å²) >= 11 is 0. The summed E-state index contributed by atoms with van der Waals surface area (Å²) in [5.41, 5.74) is 1.36. The van der Waals surface area contributed by atoms with Gasteiger partial charge in [0.1, 0.15) is 5.75 Å². The van der Waals surface area contributed by atoms with Crippen molar-refractivity contribution in [3.63, 3.8) is 0 Å². The summed E-state index contributed by atoms with van der Waals surface area (Å²) in [6.45, 7) is 3.07. The Morgan fingerprint density at radius 2 is 1.97 bits per heavy atom. The third-order valence-corrected chi connectivity index (χ3v) is 5.93. The number of nitrogens with one attached hydrogen (secondary N) is 2. The van der Waals surface area contributed by atoms with Gasteiger partial charge in [0.05, 0.1) is 5.75 Å². The van der Waals surface area contributed by atoms with Crippen molar-refractivity contribution in [2.75, 3.05) is 39.5 Å². The first-order chi connectivity index (χ1) is 13.5. The first-order valence-corrected chi connectivity index (χ1v) is 10.8. The number of halogens is 3. The maximum atomic E-state index is 12.5. The predicted octanol–water partition coefficient (Wildman–Crippen LogP) is 2.27. The Morgan fingerprint density at radius 1 is 1.28 bits per heavy atom. The third-order valence-electron chi connectivity index (χ3n) is 4.07. The van der Waals surface area contributed by atoms with E-state index in [0.29, 0.717) is 31.0 Å². The minimum atomic E-state index is -4.41. The summed E-state index contributed by atoms with van der Waals surface area (Å²) in [5.74, 6) is 0.667. The van der Waals surface area contributed by atoms with E-state index in [2.05, 4.69) is 15.6 Å². The van der Waals surface area contributed by atoms with Gasteiger partial charge in [0, 0.05) is 39.3 Å². The summed E-state index contributed by atoms with van der Waals surface area (Å²) in [6.07, 6.45) is -3.84. The molecule has 0 atom stereocenters. The lowest BCUT2D eigenvalue weighted by molar-refractivity contribution is -0.153. The molecule has 1 aromatic carbocycles. The molecule has 7 nitrogen and oxygen atoms in total. The zero-order valence-electron chi connectivity index (χ0n) is 17.1. The van der Waals surface area contributed by atoms with E-state index >= 15 is 0 Å². The summed E-state index contributed by atoms with van der Waals surface area (Å²) in [5, 5.41) is 6.07. The summed E-state index contributed by atoms with van der Waals surface area (Å²) in [6, 6.07) is 5.05. The molecule has 11 heteroatoms. The van der Waals surface area contributed by atoms with Gasteiger partial charge >= 0.3 is 6.18 Å². The van der Waals surface area contributed by atoms with Gasteiger partial charge in [0.15, 0.2) is 12.6 Å². The van der Waals surface area contributed by atoms with Crippen LogP contribution >= 0.6 is 0 Å². The second-order valence-corrected chi connectivity index (χ2v) is 8.81. The molecule has 0 bridgehead atoms. The molecule has 0 unspecified atom stereocenters. The van der Waals surface area contributed by atoms with E-state index in [-0.39, 0.29) is 18.0 Å². The maximum absolute atomic E-state index is 12.5.